The first-order valence-corrected chi connectivity index (χ1v) is 10.2. The fourth-order valence-corrected chi connectivity index (χ4v) is 4.10. The summed E-state index contributed by atoms with van der Waals surface area (Å²) in [7, 11) is 0. The topological polar surface area (TPSA) is 79.0 Å². The fraction of sp³-hybridized carbons (Fsp3) is 0.182. The number of nitrogens with one attached hydrogen (secondary N) is 2. The van der Waals surface area contributed by atoms with Crippen LogP contribution < -0.4 is 5.32 Å². The Morgan fingerprint density at radius 3 is 2.69 bits per heavy atom. The summed E-state index contributed by atoms with van der Waals surface area (Å²) in [6, 6.07) is 9.78. The number of imidazole rings is 1. The van der Waals surface area contributed by atoms with E-state index in [0.717, 1.165) is 35.5 Å². The highest BCUT2D eigenvalue weighted by Crippen LogP contribution is 2.56. The van der Waals surface area contributed by atoms with E-state index in [9.17, 15) is 13.2 Å². The zero-order valence-electron chi connectivity index (χ0n) is 16.4. The average molecular weight is 457 g/mol. The molecule has 0 bridgehead atoms. The standard InChI is InChI=1S/C22H16ClF3N6/c23-19-9-17(21-28-5-6-32(21)31-19)16-8-15(16)12-1-2-13(10-27)18(7-12)30-20-4-3-14(11-29-20)22(24,25)26/h1-7,9-11,15-16,27H,8H2,(H,29,30)/t15-,16+/m1/s1. The Labute approximate surface area is 185 Å². The molecule has 2 atom stereocenters. The fourth-order valence-electron chi connectivity index (χ4n) is 3.90. The van der Waals surface area contributed by atoms with Crippen molar-refractivity contribution in [2.75, 3.05) is 5.32 Å². The molecule has 32 heavy (non-hydrogen) atoms. The van der Waals surface area contributed by atoms with Crippen LogP contribution in [0.15, 0.2) is 55.0 Å². The second-order valence-electron chi connectivity index (χ2n) is 7.61. The summed E-state index contributed by atoms with van der Waals surface area (Å²) in [6.45, 7) is 0. The van der Waals surface area contributed by atoms with E-state index >= 15 is 0 Å². The van der Waals surface area contributed by atoms with Crippen LogP contribution in [-0.2, 0) is 6.18 Å². The van der Waals surface area contributed by atoms with Crippen molar-refractivity contribution in [3.63, 3.8) is 0 Å². The third-order valence-electron chi connectivity index (χ3n) is 5.56. The lowest BCUT2D eigenvalue weighted by Crippen LogP contribution is -2.06. The number of alkyl halides is 3. The largest absolute Gasteiger partial charge is 0.417 e. The van der Waals surface area contributed by atoms with E-state index in [1.165, 1.54) is 12.3 Å². The highest BCUT2D eigenvalue weighted by atomic mass is 35.5. The van der Waals surface area contributed by atoms with Gasteiger partial charge in [-0.15, -0.1) is 0 Å². The molecule has 3 heterocycles. The van der Waals surface area contributed by atoms with Crippen LogP contribution in [0.4, 0.5) is 24.7 Å². The van der Waals surface area contributed by atoms with E-state index < -0.39 is 11.7 Å². The van der Waals surface area contributed by atoms with Gasteiger partial charge in [-0.2, -0.15) is 18.3 Å². The van der Waals surface area contributed by atoms with Crippen LogP contribution in [0.5, 0.6) is 0 Å². The number of rotatable bonds is 5. The molecule has 3 aromatic heterocycles. The van der Waals surface area contributed by atoms with E-state index in [1.54, 1.807) is 16.9 Å². The molecule has 0 amide bonds. The molecular weight excluding hydrogens is 441 g/mol. The van der Waals surface area contributed by atoms with Crippen LogP contribution in [0.25, 0.3) is 5.65 Å². The molecule has 1 saturated carbocycles. The smallest absolute Gasteiger partial charge is 0.340 e. The van der Waals surface area contributed by atoms with Crippen molar-refractivity contribution >= 4 is 35.0 Å². The van der Waals surface area contributed by atoms with E-state index in [4.69, 9.17) is 17.0 Å². The van der Waals surface area contributed by atoms with Crippen LogP contribution in [0.3, 0.4) is 0 Å². The van der Waals surface area contributed by atoms with Gasteiger partial charge in [-0.3, -0.25) is 0 Å². The Morgan fingerprint density at radius 2 is 1.97 bits per heavy atom. The van der Waals surface area contributed by atoms with Gasteiger partial charge < -0.3 is 10.7 Å². The van der Waals surface area contributed by atoms with E-state index in [2.05, 4.69) is 20.4 Å². The minimum absolute atomic E-state index is 0.225. The SMILES string of the molecule is N=Cc1ccc([C@H]2C[C@@H]2c2cc(Cl)nn3ccnc23)cc1Nc1ccc(C(F)(F)F)cn1. The number of hydrogen-bond acceptors (Lipinski definition) is 5. The highest BCUT2D eigenvalue weighted by Gasteiger charge is 2.41. The molecule has 162 valence electrons. The molecule has 1 aromatic carbocycles. The van der Waals surface area contributed by atoms with Crippen molar-refractivity contribution < 1.29 is 13.2 Å². The van der Waals surface area contributed by atoms with Gasteiger partial charge in [0.2, 0.25) is 0 Å². The first kappa shape index (κ1) is 20.4. The van der Waals surface area contributed by atoms with Gasteiger partial charge in [0.25, 0.3) is 0 Å². The predicted molar refractivity (Wildman–Crippen MR) is 115 cm³/mol. The number of fused-ring (bicyclic) bond motifs is 1. The Hall–Kier alpha value is -3.46. The Kier molecular flexibility index (Phi) is 4.85. The molecule has 0 radical (unpaired) electrons. The molecule has 1 fully saturated rings. The maximum absolute atomic E-state index is 12.8. The summed E-state index contributed by atoms with van der Waals surface area (Å²) in [5.41, 5.74) is 3.24. The van der Waals surface area contributed by atoms with Gasteiger partial charge in [-0.25, -0.2) is 14.5 Å². The van der Waals surface area contributed by atoms with Gasteiger partial charge in [0.15, 0.2) is 5.65 Å². The number of benzene rings is 1. The highest BCUT2D eigenvalue weighted by molar-refractivity contribution is 6.29. The molecule has 0 spiro atoms. The van der Waals surface area contributed by atoms with Gasteiger partial charge >= 0.3 is 6.18 Å². The second-order valence-corrected chi connectivity index (χ2v) is 8.00. The summed E-state index contributed by atoms with van der Waals surface area (Å²) in [5.74, 6) is 0.726. The molecule has 1 aliphatic rings. The number of halogens is 4. The van der Waals surface area contributed by atoms with Gasteiger partial charge in [-0.1, -0.05) is 23.7 Å². The number of nitrogens with zero attached hydrogens (tertiary/aromatic N) is 4. The Balaban J connectivity index is 1.41. The zero-order chi connectivity index (χ0) is 22.5. The molecule has 1 aliphatic carbocycles. The molecular formula is C22H16ClF3N6. The Bertz CT molecular complexity index is 1320. The summed E-state index contributed by atoms with van der Waals surface area (Å²) in [4.78, 5) is 8.25. The molecule has 0 saturated heterocycles. The maximum Gasteiger partial charge on any atom is 0.417 e. The van der Waals surface area contributed by atoms with Crippen molar-refractivity contribution in [1.82, 2.24) is 19.6 Å². The lowest BCUT2D eigenvalue weighted by atomic mass is 10.0. The normalized spacial score (nSPS) is 18.0. The summed E-state index contributed by atoms with van der Waals surface area (Å²) in [6.07, 6.45) is 1.87. The van der Waals surface area contributed by atoms with E-state index in [-0.39, 0.29) is 17.7 Å². The van der Waals surface area contributed by atoms with Crippen molar-refractivity contribution in [2.24, 2.45) is 0 Å². The Morgan fingerprint density at radius 1 is 1.12 bits per heavy atom. The second kappa shape index (κ2) is 7.59. The van der Waals surface area contributed by atoms with Crippen molar-refractivity contribution in [2.45, 2.75) is 24.4 Å². The van der Waals surface area contributed by atoms with Gasteiger partial charge in [0.05, 0.1) is 5.56 Å². The zero-order valence-corrected chi connectivity index (χ0v) is 17.2. The molecule has 0 unspecified atom stereocenters. The first-order valence-electron chi connectivity index (χ1n) is 9.78. The molecule has 5 rings (SSSR count). The van der Waals surface area contributed by atoms with Crippen LogP contribution in [0.2, 0.25) is 5.15 Å². The third-order valence-corrected chi connectivity index (χ3v) is 5.75. The molecule has 4 aromatic rings. The molecule has 10 heteroatoms. The van der Waals surface area contributed by atoms with E-state index in [0.29, 0.717) is 16.4 Å². The quantitative estimate of drug-likeness (QED) is 0.371. The molecule has 2 N–H and O–H groups in total. The number of pyridine rings is 1. The predicted octanol–water partition coefficient (Wildman–Crippen LogP) is 5.81. The maximum atomic E-state index is 12.8. The van der Waals surface area contributed by atoms with E-state index in [1.807, 2.05) is 24.3 Å². The summed E-state index contributed by atoms with van der Waals surface area (Å²) >= 11 is 6.17. The van der Waals surface area contributed by atoms with Crippen LogP contribution in [0.1, 0.15) is 40.5 Å². The van der Waals surface area contributed by atoms with Crippen LogP contribution >= 0.6 is 11.6 Å². The minimum Gasteiger partial charge on any atom is -0.340 e. The number of anilines is 2. The average Bonchev–Trinajstić information content (AvgIpc) is 3.42. The van der Waals surface area contributed by atoms with Crippen LogP contribution in [0, 0.1) is 5.41 Å². The van der Waals surface area contributed by atoms with Crippen molar-refractivity contribution in [1.29, 1.82) is 5.41 Å². The lowest BCUT2D eigenvalue weighted by Gasteiger charge is -2.12. The van der Waals surface area contributed by atoms with Gasteiger partial charge in [0, 0.05) is 41.6 Å². The van der Waals surface area contributed by atoms with Crippen molar-refractivity contribution in [3.05, 3.63) is 82.4 Å². The monoisotopic (exact) mass is 456 g/mol. The molecule has 6 nitrogen and oxygen atoms in total. The van der Waals surface area contributed by atoms with Crippen molar-refractivity contribution in [3.8, 4) is 0 Å². The van der Waals surface area contributed by atoms with Gasteiger partial charge in [0.1, 0.15) is 11.0 Å². The van der Waals surface area contributed by atoms with Crippen LogP contribution in [-0.4, -0.2) is 25.8 Å². The van der Waals surface area contributed by atoms with Gasteiger partial charge in [-0.05, 0) is 48.1 Å². The lowest BCUT2D eigenvalue weighted by molar-refractivity contribution is -0.137. The first-order chi connectivity index (χ1) is 15.3. The summed E-state index contributed by atoms with van der Waals surface area (Å²) in [5, 5.41) is 15.3. The summed E-state index contributed by atoms with van der Waals surface area (Å²) < 4.78 is 40.0. The minimum atomic E-state index is -4.44. The third kappa shape index (κ3) is 3.80. The number of aromatic nitrogens is 4. The number of hydrogen-bond donors (Lipinski definition) is 2. The molecule has 0 aliphatic heterocycles.